The van der Waals surface area contributed by atoms with Gasteiger partial charge >= 0.3 is 0 Å². The minimum absolute atomic E-state index is 0.0605. The van der Waals surface area contributed by atoms with Crippen LogP contribution in [0.5, 0.6) is 0 Å². The smallest absolute Gasteiger partial charge is 0.183 e. The van der Waals surface area contributed by atoms with E-state index in [1.807, 2.05) is 6.92 Å². The molecule has 10 nitrogen and oxygen atoms in total. The molecule has 0 radical (unpaired) electrons. The summed E-state index contributed by atoms with van der Waals surface area (Å²) < 4.78 is 17.4. The van der Waals surface area contributed by atoms with Gasteiger partial charge < -0.3 is 51.2 Å². The number of ether oxygens (including phenoxy) is 3. The molecule has 45 heavy (non-hydrogen) atoms. The number of unbranched alkanes of at least 4 members (excludes halogenated alkanes) is 2. The molecular weight excluding hydrogens is 576 g/mol. The van der Waals surface area contributed by atoms with Gasteiger partial charge in [0.25, 0.3) is 0 Å². The third kappa shape index (κ3) is 14.5. The summed E-state index contributed by atoms with van der Waals surface area (Å²) in [5.74, 6) is 1.00. The van der Waals surface area contributed by atoms with Crippen molar-refractivity contribution >= 4 is 0 Å². The quantitative estimate of drug-likeness (QED) is 0.0372. The van der Waals surface area contributed by atoms with Gasteiger partial charge in [0.15, 0.2) is 12.6 Å². The van der Waals surface area contributed by atoms with Crippen LogP contribution in [0.2, 0.25) is 0 Å². The van der Waals surface area contributed by atoms with Crippen molar-refractivity contribution in [2.75, 3.05) is 6.61 Å². The molecule has 0 aromatic rings. The molecule has 2 aliphatic carbocycles. The average Bonchev–Trinajstić information content (AvgIpc) is 2.99. The normalized spacial score (nSPS) is 25.2. The summed E-state index contributed by atoms with van der Waals surface area (Å²) >= 11 is 0. The van der Waals surface area contributed by atoms with Crippen LogP contribution < -0.4 is 11.5 Å². The fraction of sp³-hybridized carbons (Fsp3) is 0.914. The highest BCUT2D eigenvalue weighted by Gasteiger charge is 2.35. The minimum atomic E-state index is -1.58. The molecule has 0 aromatic heterocycles. The Bertz CT molecular complexity index is 825. The Morgan fingerprint density at radius 2 is 1.51 bits per heavy atom. The maximum atomic E-state index is 11.0. The van der Waals surface area contributed by atoms with Crippen molar-refractivity contribution in [2.24, 2.45) is 29.2 Å². The van der Waals surface area contributed by atoms with Crippen molar-refractivity contribution in [2.45, 2.75) is 180 Å². The first-order valence-electron chi connectivity index (χ1n) is 17.7. The molecule has 0 amide bonds. The van der Waals surface area contributed by atoms with Gasteiger partial charge in [-0.05, 0) is 110 Å². The fourth-order valence-corrected chi connectivity index (χ4v) is 6.75. The first kappa shape index (κ1) is 40.4. The van der Waals surface area contributed by atoms with Gasteiger partial charge in [-0.15, -0.1) is 0 Å². The van der Waals surface area contributed by atoms with Crippen molar-refractivity contribution in [3.63, 3.8) is 0 Å². The second-order valence-electron chi connectivity index (χ2n) is 14.1. The number of hydrogen-bond donors (Lipinski definition) is 7. The Hall–Kier alpha value is -0.790. The van der Waals surface area contributed by atoms with Gasteiger partial charge in [-0.25, -0.2) is 0 Å². The molecule has 0 spiro atoms. The van der Waals surface area contributed by atoms with Gasteiger partial charge in [0.1, 0.15) is 18.4 Å². The lowest BCUT2D eigenvalue weighted by molar-refractivity contribution is -0.278. The first-order chi connectivity index (χ1) is 21.3. The Balaban J connectivity index is 2.02. The molecular formula is C35H67N2O8+. The van der Waals surface area contributed by atoms with E-state index in [1.54, 1.807) is 13.8 Å². The predicted octanol–water partition coefficient (Wildman–Crippen LogP) is 4.04. The number of hydrogen-bond acceptors (Lipinski definition) is 10. The van der Waals surface area contributed by atoms with Gasteiger partial charge in [0.05, 0.1) is 43.7 Å². The van der Waals surface area contributed by atoms with E-state index in [9.17, 15) is 25.5 Å². The number of fused-ring (bicyclic) bond motifs is 1. The molecule has 0 heterocycles. The molecule has 1 saturated carbocycles. The van der Waals surface area contributed by atoms with Crippen LogP contribution in [0.4, 0.5) is 0 Å². The van der Waals surface area contributed by atoms with Crippen LogP contribution in [-0.2, 0) is 14.2 Å². The summed E-state index contributed by atoms with van der Waals surface area (Å²) in [5.41, 5.74) is 15.0. The highest BCUT2D eigenvalue weighted by molar-refractivity contribution is 5.26. The van der Waals surface area contributed by atoms with Crippen molar-refractivity contribution < 1.29 is 39.7 Å². The van der Waals surface area contributed by atoms with Crippen LogP contribution in [0, 0.1) is 24.2 Å². The standard InChI is InChI=1S/C35H67N2O8/c1-22(2)12-6-8-15-27(20-29-28-16-10-9-14-26(28)18-19-30(29)40)33(37)43-25(5)34(41)45-32(21-38)35(42)44-31(24(4)39)17-11-7-13-23(3)36/h12,22-27,30-35,38-42H,6-11,13-21,36-37H2,1-5H3/q+1. The number of aliphatic hydroxyl groups excluding tert-OH is 5. The van der Waals surface area contributed by atoms with Crippen LogP contribution >= 0.6 is 0 Å². The SMILES string of the molecule is CC(C)[CH+]CCCC(CC1=C2CCCCC2CCC1O)C(N)OC(C)C(O)OC(CO)C(O)OC(CCCCC(C)N)C(C)O. The Kier molecular flexibility index (Phi) is 19.1. The average molecular weight is 644 g/mol. The van der Waals surface area contributed by atoms with E-state index in [0.717, 1.165) is 69.8 Å². The lowest BCUT2D eigenvalue weighted by Crippen LogP contribution is -2.46. The van der Waals surface area contributed by atoms with Gasteiger partial charge in [-0.1, -0.05) is 24.8 Å². The van der Waals surface area contributed by atoms with Gasteiger partial charge in [0, 0.05) is 12.0 Å². The molecule has 0 bridgehead atoms. The van der Waals surface area contributed by atoms with E-state index in [1.165, 1.54) is 18.4 Å². The van der Waals surface area contributed by atoms with Crippen LogP contribution in [0.1, 0.15) is 125 Å². The molecule has 11 atom stereocenters. The van der Waals surface area contributed by atoms with E-state index in [0.29, 0.717) is 24.7 Å². The first-order valence-corrected chi connectivity index (χ1v) is 17.7. The van der Waals surface area contributed by atoms with Crippen LogP contribution in [0.3, 0.4) is 0 Å². The van der Waals surface area contributed by atoms with Crippen molar-refractivity contribution in [1.29, 1.82) is 0 Å². The molecule has 9 N–H and O–H groups in total. The summed E-state index contributed by atoms with van der Waals surface area (Å²) in [5, 5.41) is 52.7. The van der Waals surface area contributed by atoms with E-state index < -0.39 is 55.9 Å². The minimum Gasteiger partial charge on any atom is -0.393 e. The molecule has 11 unspecified atom stereocenters. The maximum Gasteiger partial charge on any atom is 0.183 e. The van der Waals surface area contributed by atoms with Crippen LogP contribution in [0.25, 0.3) is 0 Å². The van der Waals surface area contributed by atoms with Gasteiger partial charge in [-0.2, -0.15) is 0 Å². The third-order valence-corrected chi connectivity index (χ3v) is 9.54. The maximum absolute atomic E-state index is 11.0. The number of aliphatic hydroxyl groups is 5. The number of rotatable bonds is 23. The summed E-state index contributed by atoms with van der Waals surface area (Å²) in [6.07, 6.45) is 7.23. The topological polar surface area (TPSA) is 181 Å². The molecule has 0 aliphatic heterocycles. The lowest BCUT2D eigenvalue weighted by atomic mass is 9.71. The van der Waals surface area contributed by atoms with E-state index in [4.69, 9.17) is 25.7 Å². The third-order valence-electron chi connectivity index (χ3n) is 9.54. The van der Waals surface area contributed by atoms with Gasteiger partial charge in [0.2, 0.25) is 0 Å². The summed E-state index contributed by atoms with van der Waals surface area (Å²) in [7, 11) is 0. The monoisotopic (exact) mass is 643 g/mol. The second-order valence-corrected chi connectivity index (χ2v) is 14.1. The number of nitrogens with two attached hydrogens (primary N) is 2. The van der Waals surface area contributed by atoms with Crippen molar-refractivity contribution in [1.82, 2.24) is 0 Å². The summed E-state index contributed by atoms with van der Waals surface area (Å²) in [4.78, 5) is 0. The highest BCUT2D eigenvalue weighted by atomic mass is 16.7. The van der Waals surface area contributed by atoms with Gasteiger partial charge in [-0.3, -0.25) is 0 Å². The largest absolute Gasteiger partial charge is 0.393 e. The zero-order valence-electron chi connectivity index (χ0n) is 28.7. The Morgan fingerprint density at radius 3 is 2.16 bits per heavy atom. The lowest BCUT2D eigenvalue weighted by Gasteiger charge is -2.38. The Morgan fingerprint density at radius 1 is 0.822 bits per heavy atom. The molecule has 0 saturated heterocycles. The summed E-state index contributed by atoms with van der Waals surface area (Å²) in [6, 6.07) is 0.0897. The second kappa shape index (κ2) is 21.2. The van der Waals surface area contributed by atoms with E-state index in [2.05, 4.69) is 20.3 Å². The molecule has 1 fully saturated rings. The molecule has 2 aliphatic rings. The van der Waals surface area contributed by atoms with Crippen LogP contribution in [0.15, 0.2) is 11.1 Å². The summed E-state index contributed by atoms with van der Waals surface area (Å²) in [6.45, 7) is 8.88. The predicted molar refractivity (Wildman–Crippen MR) is 176 cm³/mol. The van der Waals surface area contributed by atoms with Crippen molar-refractivity contribution in [3.8, 4) is 0 Å². The molecule has 0 aromatic carbocycles. The Labute approximate surface area is 272 Å². The zero-order valence-corrected chi connectivity index (χ0v) is 28.7. The zero-order chi connectivity index (χ0) is 33.5. The highest BCUT2D eigenvalue weighted by Crippen LogP contribution is 2.43. The molecule has 264 valence electrons. The molecule has 2 rings (SSSR count). The fourth-order valence-electron chi connectivity index (χ4n) is 6.75. The van der Waals surface area contributed by atoms with Crippen LogP contribution in [-0.4, -0.2) is 87.5 Å². The number of allylic oxidation sites excluding steroid dienone is 1. The van der Waals surface area contributed by atoms with E-state index >= 15 is 0 Å². The molecule has 10 heteroatoms. The van der Waals surface area contributed by atoms with E-state index in [-0.39, 0.29) is 12.0 Å². The van der Waals surface area contributed by atoms with Crippen molar-refractivity contribution in [3.05, 3.63) is 17.6 Å².